The maximum atomic E-state index is 12.9. The minimum Gasteiger partial charge on any atom is -0.507 e. The molecule has 3 heterocycles. The molecule has 1 atom stereocenters. The number of fused-ring (bicyclic) bond motifs is 1. The van der Waals surface area contributed by atoms with Crippen LogP contribution in [-0.4, -0.2) is 67.5 Å². The minimum atomic E-state index is -0.392. The average molecular weight is 437 g/mol. The summed E-state index contributed by atoms with van der Waals surface area (Å²) >= 11 is 0. The zero-order chi connectivity index (χ0) is 22.2. The van der Waals surface area contributed by atoms with Gasteiger partial charge in [0.15, 0.2) is 16.8 Å². The molecule has 0 aliphatic carbocycles. The molecule has 5 rings (SSSR count). The molecule has 2 aliphatic rings. The number of piperazine rings is 1. The van der Waals surface area contributed by atoms with Crippen molar-refractivity contribution in [2.75, 3.05) is 51.2 Å². The summed E-state index contributed by atoms with van der Waals surface area (Å²) in [4.78, 5) is 17.5. The van der Waals surface area contributed by atoms with Gasteiger partial charge in [-0.05, 0) is 44.3 Å². The number of rotatable bonds is 4. The van der Waals surface area contributed by atoms with Crippen molar-refractivity contribution in [3.8, 4) is 28.6 Å². The normalized spacial score (nSPS) is 19.5. The van der Waals surface area contributed by atoms with Crippen LogP contribution in [0.25, 0.3) is 22.3 Å². The van der Waals surface area contributed by atoms with Gasteiger partial charge in [-0.15, -0.1) is 0 Å². The lowest BCUT2D eigenvalue weighted by Crippen LogP contribution is -2.44. The number of benzene rings is 2. The third-order valence-corrected chi connectivity index (χ3v) is 6.24. The van der Waals surface area contributed by atoms with E-state index in [0.29, 0.717) is 12.3 Å². The molecule has 2 aromatic carbocycles. The summed E-state index contributed by atoms with van der Waals surface area (Å²) in [5.74, 6) is -0.154. The highest BCUT2D eigenvalue weighted by atomic mass is 16.5. The molecule has 0 radical (unpaired) electrons. The second-order valence-electron chi connectivity index (χ2n) is 8.49. The topological polar surface area (TPSA) is 98.4 Å². The van der Waals surface area contributed by atoms with Gasteiger partial charge < -0.3 is 34.5 Å². The molecule has 32 heavy (non-hydrogen) atoms. The van der Waals surface area contributed by atoms with Crippen LogP contribution in [0.2, 0.25) is 0 Å². The van der Waals surface area contributed by atoms with Crippen LogP contribution in [0.4, 0.5) is 5.69 Å². The van der Waals surface area contributed by atoms with E-state index >= 15 is 0 Å². The largest absolute Gasteiger partial charge is 0.507 e. The van der Waals surface area contributed by atoms with Crippen LogP contribution in [0.1, 0.15) is 6.42 Å². The van der Waals surface area contributed by atoms with Gasteiger partial charge in [-0.25, -0.2) is 0 Å². The van der Waals surface area contributed by atoms with Gasteiger partial charge in [0, 0.05) is 56.1 Å². The Kier molecular flexibility index (Phi) is 5.40. The predicted octanol–water partition coefficient (Wildman–Crippen LogP) is 2.36. The molecule has 2 aliphatic heterocycles. The number of nitrogens with one attached hydrogen (secondary N) is 1. The summed E-state index contributed by atoms with van der Waals surface area (Å²) in [6.45, 7) is 5.43. The Hall–Kier alpha value is -3.23. The summed E-state index contributed by atoms with van der Waals surface area (Å²) in [7, 11) is 2.12. The SMILES string of the molecule is CN1CCN(c2ccc(-c3cc(=O)c4c(O)cc(O)c(OC5CCNC5)c4o3)cc2)CC1. The number of ether oxygens (including phenoxy) is 1. The van der Waals surface area contributed by atoms with Crippen LogP contribution in [0.3, 0.4) is 0 Å². The Bertz CT molecular complexity index is 1180. The lowest BCUT2D eigenvalue weighted by molar-refractivity contribution is 0.214. The lowest BCUT2D eigenvalue weighted by Gasteiger charge is -2.34. The molecule has 3 aromatic rings. The number of nitrogens with zero attached hydrogens (tertiary/aromatic N) is 2. The van der Waals surface area contributed by atoms with Crippen LogP contribution in [-0.2, 0) is 0 Å². The lowest BCUT2D eigenvalue weighted by atomic mass is 10.1. The molecule has 0 spiro atoms. The number of likely N-dealkylation sites (N-methyl/N-ethyl adjacent to an activating group) is 1. The zero-order valence-corrected chi connectivity index (χ0v) is 18.0. The van der Waals surface area contributed by atoms with Gasteiger partial charge in [-0.3, -0.25) is 4.79 Å². The molecule has 2 fully saturated rings. The molecule has 8 heteroatoms. The third-order valence-electron chi connectivity index (χ3n) is 6.24. The van der Waals surface area contributed by atoms with Crippen LogP contribution in [0, 0.1) is 0 Å². The molecule has 1 aromatic heterocycles. The van der Waals surface area contributed by atoms with Gasteiger partial charge in [0.25, 0.3) is 0 Å². The van der Waals surface area contributed by atoms with Crippen LogP contribution in [0.5, 0.6) is 17.2 Å². The first kappa shape index (κ1) is 20.7. The van der Waals surface area contributed by atoms with Crippen molar-refractivity contribution in [2.45, 2.75) is 12.5 Å². The maximum Gasteiger partial charge on any atom is 0.205 e. The van der Waals surface area contributed by atoms with Crippen LogP contribution < -0.4 is 20.4 Å². The van der Waals surface area contributed by atoms with Crippen LogP contribution in [0.15, 0.2) is 45.6 Å². The predicted molar refractivity (Wildman–Crippen MR) is 123 cm³/mol. The highest BCUT2D eigenvalue weighted by molar-refractivity contribution is 5.91. The quantitative estimate of drug-likeness (QED) is 0.572. The molecule has 168 valence electrons. The van der Waals surface area contributed by atoms with E-state index in [9.17, 15) is 15.0 Å². The van der Waals surface area contributed by atoms with Crippen molar-refractivity contribution in [3.63, 3.8) is 0 Å². The van der Waals surface area contributed by atoms with Crippen molar-refractivity contribution in [1.82, 2.24) is 10.2 Å². The Labute approximate surface area is 185 Å². The van der Waals surface area contributed by atoms with E-state index in [1.807, 2.05) is 24.3 Å². The maximum absolute atomic E-state index is 12.9. The molecule has 1 unspecified atom stereocenters. The molecule has 0 amide bonds. The summed E-state index contributed by atoms with van der Waals surface area (Å²) < 4.78 is 12.0. The first-order valence-corrected chi connectivity index (χ1v) is 10.9. The number of hydrogen-bond acceptors (Lipinski definition) is 8. The Morgan fingerprint density at radius 3 is 2.50 bits per heavy atom. The van der Waals surface area contributed by atoms with Crippen molar-refractivity contribution in [3.05, 3.63) is 46.6 Å². The number of phenolic OH excluding ortho intramolecular Hbond substituents is 2. The number of phenols is 2. The van der Waals surface area contributed by atoms with Crippen molar-refractivity contribution in [2.24, 2.45) is 0 Å². The minimum absolute atomic E-state index is 0.00145. The van der Waals surface area contributed by atoms with Crippen molar-refractivity contribution in [1.29, 1.82) is 0 Å². The number of aromatic hydroxyl groups is 2. The van der Waals surface area contributed by atoms with Gasteiger partial charge in [-0.2, -0.15) is 0 Å². The number of hydrogen-bond donors (Lipinski definition) is 3. The smallest absolute Gasteiger partial charge is 0.205 e. The van der Waals surface area contributed by atoms with Crippen molar-refractivity contribution >= 4 is 16.7 Å². The van der Waals surface area contributed by atoms with Crippen LogP contribution >= 0.6 is 0 Å². The van der Waals surface area contributed by atoms with Gasteiger partial charge in [0.05, 0.1) is 0 Å². The highest BCUT2D eigenvalue weighted by Gasteiger charge is 2.24. The Morgan fingerprint density at radius 2 is 1.81 bits per heavy atom. The first-order chi connectivity index (χ1) is 15.5. The van der Waals surface area contributed by atoms with E-state index in [1.54, 1.807) is 0 Å². The first-order valence-electron chi connectivity index (χ1n) is 10.9. The fourth-order valence-corrected chi connectivity index (χ4v) is 4.33. The molecular formula is C24H27N3O5. The zero-order valence-electron chi connectivity index (χ0n) is 18.0. The van der Waals surface area contributed by atoms with E-state index in [1.165, 1.54) is 6.07 Å². The fraction of sp³-hybridized carbons (Fsp3) is 0.375. The molecule has 0 saturated carbocycles. The van der Waals surface area contributed by atoms with Gasteiger partial charge in [0.1, 0.15) is 23.0 Å². The molecule has 0 bridgehead atoms. The molecule has 8 nitrogen and oxygen atoms in total. The van der Waals surface area contributed by atoms with Gasteiger partial charge in [-0.1, -0.05) is 0 Å². The summed E-state index contributed by atoms with van der Waals surface area (Å²) in [6, 6.07) is 10.4. The summed E-state index contributed by atoms with van der Waals surface area (Å²) in [5.41, 5.74) is 1.52. The second-order valence-corrected chi connectivity index (χ2v) is 8.49. The van der Waals surface area contributed by atoms with E-state index in [0.717, 1.165) is 56.5 Å². The van der Waals surface area contributed by atoms with Crippen molar-refractivity contribution < 1.29 is 19.4 Å². The standard InChI is InChI=1S/C24H27N3O5/c1-26-8-10-27(11-9-26)16-4-2-15(3-5-16)21-13-19(29)22-18(28)12-20(30)23(24(22)32-21)31-17-6-7-25-14-17/h2-5,12-13,17,25,28,30H,6-11,14H2,1H3. The van der Waals surface area contributed by atoms with E-state index in [2.05, 4.69) is 22.2 Å². The Balaban J connectivity index is 1.52. The summed E-state index contributed by atoms with van der Waals surface area (Å²) in [5, 5.41) is 23.9. The number of anilines is 1. The van der Waals surface area contributed by atoms with E-state index in [4.69, 9.17) is 9.15 Å². The molecule has 3 N–H and O–H groups in total. The monoisotopic (exact) mass is 437 g/mol. The molecule has 2 saturated heterocycles. The summed E-state index contributed by atoms with van der Waals surface area (Å²) in [6.07, 6.45) is 0.630. The third kappa shape index (κ3) is 3.87. The van der Waals surface area contributed by atoms with Gasteiger partial charge >= 0.3 is 0 Å². The Morgan fingerprint density at radius 1 is 1.06 bits per heavy atom. The molecular weight excluding hydrogens is 410 g/mol. The second kappa shape index (κ2) is 8.37. The highest BCUT2D eigenvalue weighted by Crippen LogP contribution is 2.41. The van der Waals surface area contributed by atoms with E-state index < -0.39 is 5.43 Å². The average Bonchev–Trinajstić information content (AvgIpc) is 3.30. The van der Waals surface area contributed by atoms with E-state index in [-0.39, 0.29) is 34.3 Å². The fourth-order valence-electron chi connectivity index (χ4n) is 4.33. The van der Waals surface area contributed by atoms with Gasteiger partial charge in [0.2, 0.25) is 5.75 Å².